The van der Waals surface area contributed by atoms with Gasteiger partial charge < -0.3 is 18.9 Å². The Kier molecular flexibility index (Phi) is 5.54. The van der Waals surface area contributed by atoms with E-state index in [-0.39, 0.29) is 36.3 Å². The molecule has 7 nitrogen and oxygen atoms in total. The van der Waals surface area contributed by atoms with Crippen LogP contribution in [0.15, 0.2) is 36.3 Å². The van der Waals surface area contributed by atoms with E-state index in [4.69, 9.17) is 19.5 Å². The molecule has 1 heterocycles. The number of fused-ring (bicyclic) bond motifs is 1. The van der Waals surface area contributed by atoms with E-state index in [0.717, 1.165) is 0 Å². The highest BCUT2D eigenvalue weighted by atomic mass is 16.5. The third-order valence-electron chi connectivity index (χ3n) is 4.56. The average molecular weight is 357 g/mol. The molecule has 0 bridgehead atoms. The van der Waals surface area contributed by atoms with Crippen LogP contribution < -0.4 is 4.74 Å². The van der Waals surface area contributed by atoms with Gasteiger partial charge in [0.2, 0.25) is 11.5 Å². The predicted molar refractivity (Wildman–Crippen MR) is 89.1 cm³/mol. The van der Waals surface area contributed by atoms with Crippen molar-refractivity contribution >= 4 is 11.8 Å². The molecule has 1 aromatic carbocycles. The van der Waals surface area contributed by atoms with Crippen molar-refractivity contribution in [2.45, 2.75) is 31.5 Å². The molecule has 1 aromatic rings. The Morgan fingerprint density at radius 2 is 2.08 bits per heavy atom. The molecule has 1 aliphatic heterocycles. The third-order valence-corrected chi connectivity index (χ3v) is 4.56. The van der Waals surface area contributed by atoms with Crippen LogP contribution in [0.25, 0.3) is 0 Å². The van der Waals surface area contributed by atoms with Crippen molar-refractivity contribution in [2.75, 3.05) is 13.7 Å². The number of esters is 1. The van der Waals surface area contributed by atoms with Gasteiger partial charge in [0.1, 0.15) is 24.7 Å². The number of hydrogen-bond donors (Lipinski definition) is 0. The van der Waals surface area contributed by atoms with E-state index in [1.807, 2.05) is 6.07 Å². The van der Waals surface area contributed by atoms with Gasteiger partial charge in [-0.05, 0) is 37.1 Å². The first-order valence-corrected chi connectivity index (χ1v) is 8.37. The summed E-state index contributed by atoms with van der Waals surface area (Å²) in [5.41, 5.74) is 0.399. The normalized spacial score (nSPS) is 24.5. The smallest absolute Gasteiger partial charge is 0.337 e. The van der Waals surface area contributed by atoms with Gasteiger partial charge in [0, 0.05) is 6.42 Å². The second-order valence-corrected chi connectivity index (χ2v) is 6.15. The Labute approximate surface area is 151 Å². The number of nitriles is 1. The Morgan fingerprint density at radius 1 is 1.31 bits per heavy atom. The van der Waals surface area contributed by atoms with E-state index >= 15 is 0 Å². The summed E-state index contributed by atoms with van der Waals surface area (Å²) in [4.78, 5) is 24.1. The van der Waals surface area contributed by atoms with Crippen molar-refractivity contribution in [2.24, 2.45) is 5.92 Å². The summed E-state index contributed by atoms with van der Waals surface area (Å²) < 4.78 is 21.4. The average Bonchev–Trinajstić information content (AvgIpc) is 2.68. The maximum atomic E-state index is 12.7. The number of carbonyl (C=O) groups excluding carboxylic acids is 2. The number of ether oxygens (including phenoxy) is 4. The summed E-state index contributed by atoms with van der Waals surface area (Å²) in [7, 11) is 1.31. The van der Waals surface area contributed by atoms with Crippen molar-refractivity contribution in [3.63, 3.8) is 0 Å². The van der Waals surface area contributed by atoms with Gasteiger partial charge in [-0.3, -0.25) is 4.79 Å². The van der Waals surface area contributed by atoms with Crippen LogP contribution in [0.2, 0.25) is 0 Å². The summed E-state index contributed by atoms with van der Waals surface area (Å²) >= 11 is 0. The number of allylic oxidation sites excluding steroid dienone is 1. The monoisotopic (exact) mass is 357 g/mol. The molecule has 0 radical (unpaired) electrons. The molecule has 2 aliphatic rings. The molecule has 0 N–H and O–H groups in total. The van der Waals surface area contributed by atoms with E-state index in [1.54, 1.807) is 24.3 Å². The molecule has 26 heavy (non-hydrogen) atoms. The van der Waals surface area contributed by atoms with Crippen molar-refractivity contribution in [1.29, 1.82) is 5.26 Å². The summed E-state index contributed by atoms with van der Waals surface area (Å²) in [5, 5.41) is 8.60. The van der Waals surface area contributed by atoms with Gasteiger partial charge in [-0.1, -0.05) is 0 Å². The first-order chi connectivity index (χ1) is 12.6. The van der Waals surface area contributed by atoms with Crippen LogP contribution in [0.1, 0.15) is 29.6 Å². The molecule has 7 heteroatoms. The molecule has 136 valence electrons. The summed E-state index contributed by atoms with van der Waals surface area (Å²) in [6.45, 7) is 0.0434. The molecule has 3 rings (SSSR count). The molecule has 1 aliphatic carbocycles. The lowest BCUT2D eigenvalue weighted by Crippen LogP contribution is -2.42. The molecular weight excluding hydrogens is 338 g/mol. The Morgan fingerprint density at radius 3 is 2.77 bits per heavy atom. The van der Waals surface area contributed by atoms with Gasteiger partial charge in [-0.25, -0.2) is 4.79 Å². The zero-order chi connectivity index (χ0) is 18.5. The third kappa shape index (κ3) is 3.86. The Balaban J connectivity index is 1.64. The minimum atomic E-state index is -0.439. The van der Waals surface area contributed by atoms with E-state index in [1.165, 1.54) is 13.4 Å². The molecule has 0 saturated heterocycles. The topological polar surface area (TPSA) is 94.8 Å². The lowest BCUT2D eigenvalue weighted by molar-refractivity contribution is -0.133. The quantitative estimate of drug-likeness (QED) is 0.747. The Hall–Kier alpha value is -2.85. The minimum absolute atomic E-state index is 0.0434. The summed E-state index contributed by atoms with van der Waals surface area (Å²) in [6, 6.07) is 8.28. The van der Waals surface area contributed by atoms with Crippen molar-refractivity contribution in [3.05, 3.63) is 41.9 Å². The van der Waals surface area contributed by atoms with Crippen LogP contribution in [0.3, 0.4) is 0 Å². The number of ketones is 1. The maximum absolute atomic E-state index is 12.7. The van der Waals surface area contributed by atoms with E-state index in [0.29, 0.717) is 30.6 Å². The Bertz CT molecular complexity index is 748. The number of methoxy groups -OCH3 is 1. The predicted octanol–water partition coefficient (Wildman–Crippen LogP) is 2.37. The molecular formula is C19H19NO6. The molecule has 1 fully saturated rings. The number of nitrogens with zero attached hydrogens (tertiary/aromatic N) is 1. The van der Waals surface area contributed by atoms with Crippen LogP contribution in [0.4, 0.5) is 0 Å². The molecule has 3 unspecified atom stereocenters. The van der Waals surface area contributed by atoms with Crippen LogP contribution in [0.5, 0.6) is 5.75 Å². The highest BCUT2D eigenvalue weighted by Gasteiger charge is 2.41. The number of carbonyl (C=O) groups is 2. The molecule has 0 spiro atoms. The van der Waals surface area contributed by atoms with E-state index < -0.39 is 5.97 Å². The maximum Gasteiger partial charge on any atom is 0.337 e. The van der Waals surface area contributed by atoms with Gasteiger partial charge in [0.05, 0.1) is 30.8 Å². The van der Waals surface area contributed by atoms with Crippen molar-refractivity contribution in [1.82, 2.24) is 0 Å². The van der Waals surface area contributed by atoms with Crippen molar-refractivity contribution in [3.8, 4) is 11.8 Å². The van der Waals surface area contributed by atoms with Gasteiger partial charge in [-0.2, -0.15) is 5.26 Å². The highest BCUT2D eigenvalue weighted by Crippen LogP contribution is 2.35. The van der Waals surface area contributed by atoms with Gasteiger partial charge in [0.15, 0.2) is 0 Å². The number of Topliss-reactive ketones (excluding diaryl/α,β-unsaturated/α-hetero) is 1. The lowest BCUT2D eigenvalue weighted by Gasteiger charge is -2.36. The molecule has 1 saturated carbocycles. The first-order valence-electron chi connectivity index (χ1n) is 8.37. The largest absolute Gasteiger partial charge is 0.493 e. The zero-order valence-electron chi connectivity index (χ0n) is 14.3. The summed E-state index contributed by atoms with van der Waals surface area (Å²) in [6.07, 6.45) is 2.93. The van der Waals surface area contributed by atoms with Crippen LogP contribution in [-0.4, -0.2) is 37.7 Å². The van der Waals surface area contributed by atoms with Crippen LogP contribution >= 0.6 is 0 Å². The first kappa shape index (κ1) is 18.0. The standard InChI is InChI=1S/C19H19NO6/c1-23-19(22)12-2-4-13(5-3-12)26-17-11-25-16-10-14(24-9-8-20)6-7-15(16)18(17)21/h2-5,11,14-16H,6-7,9-10H2,1H3. The fourth-order valence-electron chi connectivity index (χ4n) is 3.22. The summed E-state index contributed by atoms with van der Waals surface area (Å²) in [5.74, 6) is -0.229. The van der Waals surface area contributed by atoms with Gasteiger partial charge in [0.25, 0.3) is 0 Å². The fourth-order valence-corrected chi connectivity index (χ4v) is 3.22. The molecule has 0 aromatic heterocycles. The lowest BCUT2D eigenvalue weighted by atomic mass is 9.80. The molecule has 0 amide bonds. The zero-order valence-corrected chi connectivity index (χ0v) is 14.3. The van der Waals surface area contributed by atoms with Gasteiger partial charge in [-0.15, -0.1) is 0 Å². The minimum Gasteiger partial charge on any atom is -0.493 e. The fraction of sp³-hybridized carbons (Fsp3) is 0.421. The molecule has 3 atom stereocenters. The van der Waals surface area contributed by atoms with Crippen LogP contribution in [0, 0.1) is 17.2 Å². The van der Waals surface area contributed by atoms with Gasteiger partial charge >= 0.3 is 5.97 Å². The van der Waals surface area contributed by atoms with E-state index in [2.05, 4.69) is 4.74 Å². The number of hydrogen-bond acceptors (Lipinski definition) is 7. The SMILES string of the molecule is COC(=O)c1ccc(OC2=COC3CC(OCC#N)CCC3C2=O)cc1. The number of rotatable bonds is 5. The van der Waals surface area contributed by atoms with Crippen molar-refractivity contribution < 1.29 is 28.5 Å². The highest BCUT2D eigenvalue weighted by molar-refractivity contribution is 5.96. The second kappa shape index (κ2) is 8.02. The second-order valence-electron chi connectivity index (χ2n) is 6.15. The van der Waals surface area contributed by atoms with Crippen LogP contribution in [-0.2, 0) is 19.0 Å². The van der Waals surface area contributed by atoms with E-state index in [9.17, 15) is 9.59 Å². The number of benzene rings is 1.